The number of rotatable bonds is 14. The first kappa shape index (κ1) is 30.9. The van der Waals surface area contributed by atoms with Crippen LogP contribution in [-0.2, 0) is 30.5 Å². The third-order valence-electron chi connectivity index (χ3n) is 8.28. The molecule has 1 saturated heterocycles. The minimum absolute atomic E-state index is 0.0567. The quantitative estimate of drug-likeness (QED) is 0.286. The molecule has 9 nitrogen and oxygen atoms in total. The zero-order valence-corrected chi connectivity index (χ0v) is 24.0. The Labute approximate surface area is 247 Å². The molecule has 0 spiro atoms. The summed E-state index contributed by atoms with van der Waals surface area (Å²) < 4.78 is 5.39. The van der Waals surface area contributed by atoms with E-state index in [9.17, 15) is 24.0 Å². The Kier molecular flexibility index (Phi) is 11.7. The van der Waals surface area contributed by atoms with E-state index in [1.165, 1.54) is 0 Å². The molecule has 42 heavy (non-hydrogen) atoms. The van der Waals surface area contributed by atoms with Gasteiger partial charge in [-0.3, -0.25) is 14.4 Å². The van der Waals surface area contributed by atoms with Gasteiger partial charge in [0.2, 0.25) is 11.8 Å². The van der Waals surface area contributed by atoms with Crippen molar-refractivity contribution in [1.29, 1.82) is 0 Å². The monoisotopic (exact) mass is 575 g/mol. The fraction of sp³-hybridized carbons (Fsp3) is 0.485. The van der Waals surface area contributed by atoms with Crippen molar-refractivity contribution >= 4 is 30.0 Å². The number of carbonyl (C=O) groups is 5. The Bertz CT molecular complexity index is 1200. The Morgan fingerprint density at radius 1 is 0.905 bits per heavy atom. The maximum absolute atomic E-state index is 13.8. The highest BCUT2D eigenvalue weighted by Crippen LogP contribution is 2.31. The maximum atomic E-state index is 13.8. The number of ether oxygens (including phenoxy) is 1. The zero-order chi connectivity index (χ0) is 29.7. The number of aldehydes is 1. The van der Waals surface area contributed by atoms with Crippen molar-refractivity contribution in [2.24, 2.45) is 17.8 Å². The van der Waals surface area contributed by atoms with E-state index in [0.717, 1.165) is 37.7 Å². The number of nitrogens with one attached hydrogen (secondary N) is 3. The van der Waals surface area contributed by atoms with Gasteiger partial charge in [-0.05, 0) is 36.3 Å². The lowest BCUT2D eigenvalue weighted by atomic mass is 9.80. The van der Waals surface area contributed by atoms with Crippen LogP contribution < -0.4 is 16.0 Å². The van der Waals surface area contributed by atoms with Crippen molar-refractivity contribution in [3.8, 4) is 0 Å². The van der Waals surface area contributed by atoms with Crippen LogP contribution in [0.2, 0.25) is 0 Å². The highest BCUT2D eigenvalue weighted by molar-refractivity contribution is 5.93. The minimum atomic E-state index is -1.000. The van der Waals surface area contributed by atoms with Crippen molar-refractivity contribution in [2.45, 2.75) is 76.5 Å². The summed E-state index contributed by atoms with van der Waals surface area (Å²) >= 11 is 0. The summed E-state index contributed by atoms with van der Waals surface area (Å²) in [5.74, 6) is -1.49. The first-order valence-corrected chi connectivity index (χ1v) is 15.0. The molecular formula is C33H41N3O6. The predicted octanol–water partition coefficient (Wildman–Crippen LogP) is 4.41. The third-order valence-corrected chi connectivity index (χ3v) is 8.28. The molecule has 2 aromatic carbocycles. The van der Waals surface area contributed by atoms with E-state index in [1.54, 1.807) is 24.3 Å². The second-order valence-electron chi connectivity index (χ2n) is 11.4. The molecule has 1 heterocycles. The third kappa shape index (κ3) is 9.26. The van der Waals surface area contributed by atoms with E-state index >= 15 is 0 Å². The molecule has 0 aromatic heterocycles. The van der Waals surface area contributed by atoms with E-state index in [0.29, 0.717) is 37.2 Å². The van der Waals surface area contributed by atoms with E-state index in [1.807, 2.05) is 36.4 Å². The van der Waals surface area contributed by atoms with E-state index < -0.39 is 24.1 Å². The van der Waals surface area contributed by atoms with Crippen LogP contribution in [-0.4, -0.2) is 42.6 Å². The molecule has 0 bridgehead atoms. The van der Waals surface area contributed by atoms with Gasteiger partial charge in [0.15, 0.2) is 5.78 Å². The summed E-state index contributed by atoms with van der Waals surface area (Å²) in [5, 5.41) is 8.29. The fourth-order valence-corrected chi connectivity index (χ4v) is 5.97. The molecule has 2 aliphatic rings. The van der Waals surface area contributed by atoms with Gasteiger partial charge in [-0.2, -0.15) is 0 Å². The Hall–Kier alpha value is -4.01. The summed E-state index contributed by atoms with van der Waals surface area (Å²) in [5.41, 5.74) is 1.41. The van der Waals surface area contributed by atoms with E-state index in [-0.39, 0.29) is 43.0 Å². The molecule has 2 fully saturated rings. The number of amides is 3. The highest BCUT2D eigenvalue weighted by Gasteiger charge is 2.33. The van der Waals surface area contributed by atoms with Crippen LogP contribution in [0.4, 0.5) is 4.79 Å². The number of hydrogen-bond acceptors (Lipinski definition) is 6. The largest absolute Gasteiger partial charge is 0.445 e. The molecule has 4 atom stereocenters. The number of alkyl carbamates (subject to hydrolysis) is 1. The molecular weight excluding hydrogens is 534 g/mol. The average Bonchev–Trinajstić information content (AvgIpc) is 3.43. The van der Waals surface area contributed by atoms with Crippen molar-refractivity contribution < 1.29 is 28.7 Å². The van der Waals surface area contributed by atoms with Crippen LogP contribution in [0.5, 0.6) is 0 Å². The summed E-state index contributed by atoms with van der Waals surface area (Å²) in [6, 6.07) is 16.3. The zero-order valence-electron chi connectivity index (χ0n) is 24.0. The summed E-state index contributed by atoms with van der Waals surface area (Å²) in [6.07, 6.45) is 6.51. The van der Waals surface area contributed by atoms with E-state index in [4.69, 9.17) is 4.74 Å². The van der Waals surface area contributed by atoms with Gasteiger partial charge < -0.3 is 25.5 Å². The molecule has 3 N–H and O–H groups in total. The van der Waals surface area contributed by atoms with Gasteiger partial charge in [-0.25, -0.2) is 4.79 Å². The summed E-state index contributed by atoms with van der Waals surface area (Å²) in [7, 11) is 0. The minimum Gasteiger partial charge on any atom is -0.445 e. The summed E-state index contributed by atoms with van der Waals surface area (Å²) in [6.45, 7) is 0.616. The van der Waals surface area contributed by atoms with Crippen LogP contribution in [0.3, 0.4) is 0 Å². The summed E-state index contributed by atoms with van der Waals surface area (Å²) in [4.78, 5) is 64.1. The molecule has 1 aliphatic heterocycles. The topological polar surface area (TPSA) is 131 Å². The number of hydrogen-bond donors (Lipinski definition) is 3. The predicted molar refractivity (Wildman–Crippen MR) is 157 cm³/mol. The van der Waals surface area contributed by atoms with Crippen LogP contribution in [0, 0.1) is 17.8 Å². The number of ketones is 1. The van der Waals surface area contributed by atoms with Crippen molar-refractivity contribution in [2.75, 3.05) is 6.54 Å². The second-order valence-corrected chi connectivity index (χ2v) is 11.4. The van der Waals surface area contributed by atoms with Crippen LogP contribution in [0.25, 0.3) is 0 Å². The molecule has 0 radical (unpaired) electrons. The lowest BCUT2D eigenvalue weighted by Gasteiger charge is -2.28. The van der Waals surface area contributed by atoms with Crippen molar-refractivity contribution in [3.63, 3.8) is 0 Å². The molecule has 1 aliphatic carbocycles. The van der Waals surface area contributed by atoms with Gasteiger partial charge in [0.25, 0.3) is 0 Å². The Morgan fingerprint density at radius 3 is 2.24 bits per heavy atom. The lowest BCUT2D eigenvalue weighted by molar-refractivity contribution is -0.132. The molecule has 3 amide bonds. The van der Waals surface area contributed by atoms with Gasteiger partial charge in [-0.15, -0.1) is 0 Å². The molecule has 224 valence electrons. The Morgan fingerprint density at radius 2 is 1.60 bits per heavy atom. The fourth-order valence-electron chi connectivity index (χ4n) is 5.97. The normalized spacial score (nSPS) is 19.1. The Balaban J connectivity index is 1.46. The number of Topliss-reactive ketones (excluding diaryl/α,β-unsaturated/α-hetero) is 1. The van der Waals surface area contributed by atoms with Gasteiger partial charge in [0.1, 0.15) is 18.9 Å². The smallest absolute Gasteiger partial charge is 0.408 e. The highest BCUT2D eigenvalue weighted by atomic mass is 16.5. The van der Waals surface area contributed by atoms with Crippen molar-refractivity contribution in [1.82, 2.24) is 16.0 Å². The van der Waals surface area contributed by atoms with Gasteiger partial charge in [0.05, 0.1) is 6.04 Å². The van der Waals surface area contributed by atoms with E-state index in [2.05, 4.69) is 16.0 Å². The second kappa shape index (κ2) is 15.8. The molecule has 0 unspecified atom stereocenters. The SMILES string of the molecule is O=C[C@H](C[C@@H]1CCNC1=O)NC(=O)[C@@H](CC(=O)[C@@H](NC(=O)OCc1ccccc1)c1ccccc1)CC1CCCCC1. The van der Waals surface area contributed by atoms with Gasteiger partial charge >= 0.3 is 6.09 Å². The maximum Gasteiger partial charge on any atom is 0.408 e. The van der Waals surface area contributed by atoms with Crippen molar-refractivity contribution in [3.05, 3.63) is 71.8 Å². The number of carbonyl (C=O) groups excluding carboxylic acids is 5. The molecule has 9 heteroatoms. The van der Waals surface area contributed by atoms with Gasteiger partial charge in [0, 0.05) is 24.8 Å². The molecule has 2 aromatic rings. The first-order chi connectivity index (χ1) is 20.4. The van der Waals surface area contributed by atoms with Gasteiger partial charge in [-0.1, -0.05) is 92.8 Å². The standard InChI is InChI=1S/C33H41N3O6/c37-21-28(19-26-16-17-34-31(26)39)35-32(40)27(18-23-10-4-1-5-11-23)20-29(38)30(25-14-8-3-9-15-25)36-33(41)42-22-24-12-6-2-7-13-24/h2-3,6-9,12-15,21,23,26-28,30H,1,4-5,10-11,16-20,22H2,(H,34,39)(H,35,40)(H,36,41)/t26-,27+,28-,30-/m0/s1. The lowest BCUT2D eigenvalue weighted by Crippen LogP contribution is -2.43. The van der Waals surface area contributed by atoms with Crippen LogP contribution in [0.1, 0.15) is 75.0 Å². The van der Waals surface area contributed by atoms with Crippen LogP contribution >= 0.6 is 0 Å². The number of benzene rings is 2. The first-order valence-electron chi connectivity index (χ1n) is 15.0. The van der Waals surface area contributed by atoms with Crippen LogP contribution in [0.15, 0.2) is 60.7 Å². The average molecular weight is 576 g/mol. The molecule has 1 saturated carbocycles. The molecule has 4 rings (SSSR count).